The second-order valence-electron chi connectivity index (χ2n) is 5.10. The molecular weight excluding hydrogens is 282 g/mol. The average molecular weight is 301 g/mol. The van der Waals surface area contributed by atoms with Crippen LogP contribution in [0.1, 0.15) is 25.6 Å². The van der Waals surface area contributed by atoms with Crippen LogP contribution in [0.2, 0.25) is 0 Å². The fourth-order valence-corrected chi connectivity index (χ4v) is 2.13. The van der Waals surface area contributed by atoms with Crippen LogP contribution in [-0.2, 0) is 11.3 Å². The molecule has 1 rings (SSSR count). The van der Waals surface area contributed by atoms with Gasteiger partial charge in [0.15, 0.2) is 0 Å². The maximum absolute atomic E-state index is 11.3. The fraction of sp³-hybridized carbons (Fsp3) is 0.583. The van der Waals surface area contributed by atoms with Crippen LogP contribution in [0.3, 0.4) is 0 Å². The third kappa shape index (κ3) is 6.48. The number of nitrogens with zero attached hydrogens (tertiary/aromatic N) is 1. The Hall–Kier alpha value is -1.67. The molecule has 7 nitrogen and oxygen atoms in total. The highest BCUT2D eigenvalue weighted by Crippen LogP contribution is 2.23. The standard InChI is InChI=1S/C12H19N3O4S/c1-12(2,3)19-11(16)14-7-6-13-8-9-4-5-10(20-9)15(17)18/h4-5,13H,6-8H2,1-3H3,(H,14,16). The number of ether oxygens (including phenoxy) is 1. The second kappa shape index (κ2) is 7.20. The predicted molar refractivity (Wildman–Crippen MR) is 76.9 cm³/mol. The van der Waals surface area contributed by atoms with E-state index in [9.17, 15) is 14.9 Å². The average Bonchev–Trinajstić information content (AvgIpc) is 2.75. The summed E-state index contributed by atoms with van der Waals surface area (Å²) in [5.41, 5.74) is -0.507. The van der Waals surface area contributed by atoms with E-state index in [4.69, 9.17) is 4.74 Å². The highest BCUT2D eigenvalue weighted by atomic mass is 32.1. The molecule has 0 atom stereocenters. The SMILES string of the molecule is CC(C)(C)OC(=O)NCCNCc1ccc([N+](=O)[O-])s1. The van der Waals surface area contributed by atoms with Gasteiger partial charge >= 0.3 is 11.1 Å². The van der Waals surface area contributed by atoms with Crippen LogP contribution in [0.5, 0.6) is 0 Å². The van der Waals surface area contributed by atoms with Crippen molar-refractivity contribution in [2.75, 3.05) is 13.1 Å². The topological polar surface area (TPSA) is 93.5 Å². The first-order valence-corrected chi connectivity index (χ1v) is 7.00. The molecule has 8 heteroatoms. The summed E-state index contributed by atoms with van der Waals surface area (Å²) in [6.45, 7) is 6.93. The molecule has 20 heavy (non-hydrogen) atoms. The van der Waals surface area contributed by atoms with Gasteiger partial charge in [0.25, 0.3) is 0 Å². The summed E-state index contributed by atoms with van der Waals surface area (Å²) in [6, 6.07) is 3.21. The van der Waals surface area contributed by atoms with Gasteiger partial charge in [0, 0.05) is 30.6 Å². The lowest BCUT2D eigenvalue weighted by Gasteiger charge is -2.19. The van der Waals surface area contributed by atoms with E-state index in [1.54, 1.807) is 26.8 Å². The van der Waals surface area contributed by atoms with Gasteiger partial charge in [0.05, 0.1) is 4.92 Å². The van der Waals surface area contributed by atoms with E-state index in [1.807, 2.05) is 0 Å². The van der Waals surface area contributed by atoms with E-state index in [0.717, 1.165) is 16.2 Å². The summed E-state index contributed by atoms with van der Waals surface area (Å²) in [5.74, 6) is 0. The summed E-state index contributed by atoms with van der Waals surface area (Å²) in [5, 5.41) is 16.4. The van der Waals surface area contributed by atoms with E-state index in [-0.39, 0.29) is 5.00 Å². The maximum atomic E-state index is 11.3. The third-order valence-corrected chi connectivity index (χ3v) is 3.13. The number of carbonyl (C=O) groups excluding carboxylic acids is 1. The Labute approximate surface area is 121 Å². The van der Waals surface area contributed by atoms with E-state index in [0.29, 0.717) is 19.6 Å². The van der Waals surface area contributed by atoms with E-state index in [2.05, 4.69) is 10.6 Å². The van der Waals surface area contributed by atoms with Gasteiger partial charge in [-0.2, -0.15) is 0 Å². The number of thiophene rings is 1. The van der Waals surface area contributed by atoms with Gasteiger partial charge in [0.2, 0.25) is 0 Å². The van der Waals surface area contributed by atoms with Crippen LogP contribution >= 0.6 is 11.3 Å². The summed E-state index contributed by atoms with van der Waals surface area (Å²) in [7, 11) is 0. The van der Waals surface area contributed by atoms with Crippen LogP contribution in [0, 0.1) is 10.1 Å². The zero-order chi connectivity index (χ0) is 15.2. The van der Waals surface area contributed by atoms with Crippen molar-refractivity contribution in [2.45, 2.75) is 32.9 Å². The molecular formula is C12H19N3O4S. The Bertz CT molecular complexity index is 468. The van der Waals surface area contributed by atoms with Crippen LogP contribution in [0.25, 0.3) is 0 Å². The van der Waals surface area contributed by atoms with Crippen molar-refractivity contribution < 1.29 is 14.5 Å². The van der Waals surface area contributed by atoms with Gasteiger partial charge in [-0.1, -0.05) is 11.3 Å². The van der Waals surface area contributed by atoms with Gasteiger partial charge < -0.3 is 15.4 Å². The Morgan fingerprint density at radius 3 is 2.65 bits per heavy atom. The smallest absolute Gasteiger partial charge is 0.407 e. The molecule has 0 saturated carbocycles. The molecule has 0 fully saturated rings. The lowest BCUT2D eigenvalue weighted by atomic mass is 10.2. The summed E-state index contributed by atoms with van der Waals surface area (Å²) in [6.07, 6.45) is -0.453. The van der Waals surface area contributed by atoms with Crippen molar-refractivity contribution in [1.82, 2.24) is 10.6 Å². The van der Waals surface area contributed by atoms with Crippen molar-refractivity contribution in [2.24, 2.45) is 0 Å². The molecule has 0 spiro atoms. The molecule has 1 heterocycles. The van der Waals surface area contributed by atoms with E-state index >= 15 is 0 Å². The minimum absolute atomic E-state index is 0.133. The van der Waals surface area contributed by atoms with E-state index < -0.39 is 16.6 Å². The van der Waals surface area contributed by atoms with Crippen LogP contribution in [0.15, 0.2) is 12.1 Å². The molecule has 0 aliphatic carbocycles. The van der Waals surface area contributed by atoms with Gasteiger partial charge in [-0.3, -0.25) is 10.1 Å². The van der Waals surface area contributed by atoms with Crippen LogP contribution in [-0.4, -0.2) is 29.7 Å². The Balaban J connectivity index is 2.16. The molecule has 1 aromatic rings. The van der Waals surface area contributed by atoms with E-state index in [1.165, 1.54) is 6.07 Å². The number of hydrogen-bond donors (Lipinski definition) is 2. The molecule has 2 N–H and O–H groups in total. The van der Waals surface area contributed by atoms with Crippen LogP contribution in [0.4, 0.5) is 9.80 Å². The molecule has 0 aliphatic rings. The summed E-state index contributed by atoms with van der Waals surface area (Å²) in [4.78, 5) is 22.3. The van der Waals surface area contributed by atoms with Crippen molar-refractivity contribution in [3.63, 3.8) is 0 Å². The zero-order valence-electron chi connectivity index (χ0n) is 11.8. The number of amides is 1. The van der Waals surface area contributed by atoms with Gasteiger partial charge in [0.1, 0.15) is 5.60 Å². The molecule has 0 unspecified atom stereocenters. The Morgan fingerprint density at radius 1 is 1.40 bits per heavy atom. The first-order valence-electron chi connectivity index (χ1n) is 6.18. The lowest BCUT2D eigenvalue weighted by molar-refractivity contribution is -0.380. The normalized spacial score (nSPS) is 11.2. The number of rotatable bonds is 6. The number of nitro groups is 1. The first-order chi connectivity index (χ1) is 9.28. The van der Waals surface area contributed by atoms with Gasteiger partial charge in [-0.15, -0.1) is 0 Å². The predicted octanol–water partition coefficient (Wildman–Crippen LogP) is 2.27. The van der Waals surface area contributed by atoms with Crippen molar-refractivity contribution >= 4 is 22.4 Å². The highest BCUT2D eigenvalue weighted by Gasteiger charge is 2.15. The minimum atomic E-state index is -0.507. The number of alkyl carbamates (subject to hydrolysis) is 1. The van der Waals surface area contributed by atoms with Gasteiger partial charge in [-0.25, -0.2) is 4.79 Å². The van der Waals surface area contributed by atoms with Crippen LogP contribution < -0.4 is 10.6 Å². The summed E-state index contributed by atoms with van der Waals surface area (Å²) >= 11 is 1.14. The number of carbonyl (C=O) groups is 1. The highest BCUT2D eigenvalue weighted by molar-refractivity contribution is 7.15. The molecule has 0 aliphatic heterocycles. The molecule has 112 valence electrons. The second-order valence-corrected chi connectivity index (χ2v) is 6.25. The quantitative estimate of drug-likeness (QED) is 0.477. The molecule has 1 amide bonds. The first kappa shape index (κ1) is 16.4. The van der Waals surface area contributed by atoms with Crippen molar-refractivity contribution in [1.29, 1.82) is 0 Å². The monoisotopic (exact) mass is 301 g/mol. The van der Waals surface area contributed by atoms with Crippen molar-refractivity contribution in [3.8, 4) is 0 Å². The Morgan fingerprint density at radius 2 is 2.10 bits per heavy atom. The largest absolute Gasteiger partial charge is 0.444 e. The summed E-state index contributed by atoms with van der Waals surface area (Å²) < 4.78 is 5.08. The number of nitrogens with one attached hydrogen (secondary N) is 2. The minimum Gasteiger partial charge on any atom is -0.444 e. The van der Waals surface area contributed by atoms with Gasteiger partial charge in [-0.05, 0) is 26.8 Å². The molecule has 0 aromatic carbocycles. The third-order valence-electron chi connectivity index (χ3n) is 2.10. The molecule has 1 aromatic heterocycles. The number of hydrogen-bond acceptors (Lipinski definition) is 6. The fourth-order valence-electron chi connectivity index (χ4n) is 1.34. The molecule has 0 bridgehead atoms. The lowest BCUT2D eigenvalue weighted by Crippen LogP contribution is -2.36. The Kier molecular flexibility index (Phi) is 5.90. The molecule has 0 radical (unpaired) electrons. The maximum Gasteiger partial charge on any atom is 0.407 e. The van der Waals surface area contributed by atoms with Crippen molar-refractivity contribution in [3.05, 3.63) is 27.1 Å². The zero-order valence-corrected chi connectivity index (χ0v) is 12.6. The molecule has 0 saturated heterocycles.